The van der Waals surface area contributed by atoms with E-state index in [2.05, 4.69) is 77.7 Å². The molecule has 1 N–H and O–H groups in total. The number of anilines is 1. The van der Waals surface area contributed by atoms with Crippen LogP contribution in [0.2, 0.25) is 0 Å². The van der Waals surface area contributed by atoms with Gasteiger partial charge in [-0.2, -0.15) is 17.9 Å². The van der Waals surface area contributed by atoms with Gasteiger partial charge in [0.05, 0.1) is 30.0 Å². The maximum absolute atomic E-state index is 9.96. The first-order valence-corrected chi connectivity index (χ1v) is 12.4. The van der Waals surface area contributed by atoms with E-state index in [0.29, 0.717) is 12.2 Å². The number of hydrogen-bond acceptors (Lipinski definition) is 6. The summed E-state index contributed by atoms with van der Waals surface area (Å²) in [6.45, 7) is 10.9. The number of morpholine rings is 1. The van der Waals surface area contributed by atoms with E-state index in [1.807, 2.05) is 12.1 Å². The van der Waals surface area contributed by atoms with Gasteiger partial charge in [0.25, 0.3) is 0 Å². The second-order valence-electron chi connectivity index (χ2n) is 7.67. The summed E-state index contributed by atoms with van der Waals surface area (Å²) in [5, 5.41) is 14.2. The summed E-state index contributed by atoms with van der Waals surface area (Å²) in [7, 11) is 0. The number of fused-ring (bicyclic) bond motifs is 1. The maximum atomic E-state index is 9.96. The molecule has 4 rings (SSSR count). The fourth-order valence-corrected chi connectivity index (χ4v) is 4.23. The molecule has 33 heavy (non-hydrogen) atoms. The minimum atomic E-state index is 0.641. The number of benzene rings is 2. The van der Waals surface area contributed by atoms with E-state index in [9.17, 15) is 5.26 Å². The molecule has 0 radical (unpaired) electrons. The van der Waals surface area contributed by atoms with E-state index in [4.69, 9.17) is 9.47 Å². The Balaban J connectivity index is 0.00000149. The van der Waals surface area contributed by atoms with Gasteiger partial charge in [0.2, 0.25) is 0 Å². The largest absolute Gasteiger partial charge is 0.492 e. The number of aromatic nitrogens is 1. The van der Waals surface area contributed by atoms with Crippen LogP contribution >= 0.6 is 12.6 Å². The molecule has 0 aliphatic carbocycles. The third kappa shape index (κ3) is 5.83. The van der Waals surface area contributed by atoms with Crippen molar-refractivity contribution in [1.82, 2.24) is 9.47 Å². The van der Waals surface area contributed by atoms with E-state index in [0.717, 1.165) is 79.5 Å². The average molecular weight is 467 g/mol. The topological polar surface area (TPSA) is 62.4 Å². The zero-order valence-corrected chi connectivity index (χ0v) is 20.7. The van der Waals surface area contributed by atoms with Crippen molar-refractivity contribution >= 4 is 29.2 Å². The first-order valence-electron chi connectivity index (χ1n) is 11.5. The van der Waals surface area contributed by atoms with Crippen LogP contribution in [0.1, 0.15) is 19.4 Å². The van der Waals surface area contributed by atoms with Gasteiger partial charge in [-0.05, 0) is 49.9 Å². The van der Waals surface area contributed by atoms with Crippen LogP contribution < -0.4 is 10.1 Å². The molecule has 3 aromatic rings. The summed E-state index contributed by atoms with van der Waals surface area (Å²) in [4.78, 5) is 2.36. The van der Waals surface area contributed by atoms with Crippen LogP contribution in [0.4, 0.5) is 5.69 Å². The zero-order valence-electron chi connectivity index (χ0n) is 19.8. The molecule has 1 aliphatic rings. The summed E-state index contributed by atoms with van der Waals surface area (Å²) in [5.74, 6) is 0.839. The van der Waals surface area contributed by atoms with E-state index in [1.165, 1.54) is 0 Å². The molecule has 2 aromatic carbocycles. The molecule has 0 saturated carbocycles. The fourth-order valence-electron chi connectivity index (χ4n) is 4.23. The van der Waals surface area contributed by atoms with Gasteiger partial charge in [0.15, 0.2) is 0 Å². The lowest BCUT2D eigenvalue weighted by Crippen LogP contribution is -2.38. The van der Waals surface area contributed by atoms with Crippen LogP contribution in [0, 0.1) is 11.3 Å². The van der Waals surface area contributed by atoms with Crippen LogP contribution in [-0.2, 0) is 11.3 Å². The highest BCUT2D eigenvalue weighted by molar-refractivity contribution is 7.79. The molecule has 0 bridgehead atoms. The molecule has 1 aromatic heterocycles. The average Bonchev–Trinajstić information content (AvgIpc) is 3.19. The molecule has 0 amide bonds. The number of thiol groups is 1. The number of aryl methyl sites for hydroxylation is 1. The van der Waals surface area contributed by atoms with Crippen LogP contribution in [0.15, 0.2) is 42.5 Å². The fraction of sp³-hybridized carbons (Fsp3) is 0.423. The third-order valence-electron chi connectivity index (χ3n) is 5.78. The Morgan fingerprint density at radius 1 is 1.09 bits per heavy atom. The number of nitrogens with one attached hydrogen (secondary N) is 1. The van der Waals surface area contributed by atoms with E-state index in [-0.39, 0.29) is 0 Å². The zero-order chi connectivity index (χ0) is 23.6. The lowest BCUT2D eigenvalue weighted by Gasteiger charge is -2.26. The predicted octanol–water partition coefficient (Wildman–Crippen LogP) is 4.89. The number of nitriles is 1. The molecular weight excluding hydrogens is 432 g/mol. The highest BCUT2D eigenvalue weighted by Crippen LogP contribution is 2.35. The Labute approximate surface area is 202 Å². The molecule has 0 unspecified atom stereocenters. The number of ether oxygens (including phenoxy) is 2. The van der Waals surface area contributed by atoms with Crippen molar-refractivity contribution in [3.8, 4) is 23.1 Å². The smallest absolute Gasteiger partial charge is 0.121 e. The van der Waals surface area contributed by atoms with Gasteiger partial charge in [-0.3, -0.25) is 4.90 Å². The van der Waals surface area contributed by atoms with Gasteiger partial charge in [0.1, 0.15) is 18.4 Å². The predicted molar refractivity (Wildman–Crippen MR) is 140 cm³/mol. The van der Waals surface area contributed by atoms with Crippen molar-refractivity contribution in [2.24, 2.45) is 0 Å². The second kappa shape index (κ2) is 12.5. The van der Waals surface area contributed by atoms with Crippen molar-refractivity contribution in [3.63, 3.8) is 0 Å². The lowest BCUT2D eigenvalue weighted by atomic mass is 10.1. The second-order valence-corrected chi connectivity index (χ2v) is 7.67. The highest BCUT2D eigenvalue weighted by Gasteiger charge is 2.19. The SMILES string of the molecule is CCNc1ccc(-c2c(C#N)c3ccc(OCCN4CCOCC4)cc3n2CC)cc1.CS. The van der Waals surface area contributed by atoms with E-state index in [1.54, 1.807) is 6.26 Å². The molecule has 176 valence electrons. The first-order chi connectivity index (χ1) is 16.2. The third-order valence-corrected chi connectivity index (χ3v) is 5.78. The normalized spacial score (nSPS) is 13.8. The molecule has 7 heteroatoms. The Morgan fingerprint density at radius 3 is 2.45 bits per heavy atom. The first kappa shape index (κ1) is 25.0. The Bertz CT molecular complexity index is 1070. The standard InChI is InChI=1S/C25H30N4O2.CH4S/c1-3-27-20-7-5-19(6-8-20)25-23(18-26)22-10-9-21(17-24(22)29(25)4-2)31-16-13-28-11-14-30-15-12-28;1-2/h5-10,17,27H,3-4,11-16H2,1-2H3;2H,1H3. The minimum absolute atomic E-state index is 0.641. The Morgan fingerprint density at radius 2 is 1.82 bits per heavy atom. The van der Waals surface area contributed by atoms with E-state index < -0.39 is 0 Å². The molecule has 1 aliphatic heterocycles. The Kier molecular flexibility index (Phi) is 9.49. The monoisotopic (exact) mass is 466 g/mol. The summed E-state index contributed by atoms with van der Waals surface area (Å²) in [5.41, 5.74) is 4.85. The van der Waals surface area contributed by atoms with Gasteiger partial charge in [-0.15, -0.1) is 0 Å². The quantitative estimate of drug-likeness (QED) is 0.463. The minimum Gasteiger partial charge on any atom is -0.492 e. The van der Waals surface area contributed by atoms with Crippen LogP contribution in [0.5, 0.6) is 5.75 Å². The summed E-state index contributed by atoms with van der Waals surface area (Å²) < 4.78 is 13.7. The van der Waals surface area contributed by atoms with Crippen LogP contribution in [0.25, 0.3) is 22.2 Å². The Hall–Kier alpha value is -2.66. The molecule has 0 atom stereocenters. The number of rotatable bonds is 8. The summed E-state index contributed by atoms with van der Waals surface area (Å²) >= 11 is 3.53. The molecular formula is C26H34N4O2S. The van der Waals surface area contributed by atoms with Crippen molar-refractivity contribution in [2.45, 2.75) is 20.4 Å². The molecule has 1 saturated heterocycles. The maximum Gasteiger partial charge on any atom is 0.121 e. The summed E-state index contributed by atoms with van der Waals surface area (Å²) in [6.07, 6.45) is 1.69. The van der Waals surface area contributed by atoms with Gasteiger partial charge >= 0.3 is 0 Å². The molecule has 2 heterocycles. The highest BCUT2D eigenvalue weighted by atomic mass is 32.1. The molecule has 1 fully saturated rings. The van der Waals surface area contributed by atoms with Gasteiger partial charge in [-0.25, -0.2) is 0 Å². The van der Waals surface area contributed by atoms with Crippen molar-refractivity contribution in [1.29, 1.82) is 5.26 Å². The molecule has 6 nitrogen and oxygen atoms in total. The molecule has 0 spiro atoms. The van der Waals surface area contributed by atoms with Crippen molar-refractivity contribution in [2.75, 3.05) is 57.6 Å². The van der Waals surface area contributed by atoms with Crippen LogP contribution in [0.3, 0.4) is 0 Å². The van der Waals surface area contributed by atoms with Crippen molar-refractivity contribution in [3.05, 3.63) is 48.0 Å². The number of hydrogen-bond donors (Lipinski definition) is 2. The van der Waals surface area contributed by atoms with Gasteiger partial charge < -0.3 is 19.4 Å². The van der Waals surface area contributed by atoms with Crippen molar-refractivity contribution < 1.29 is 9.47 Å². The van der Waals surface area contributed by atoms with Gasteiger partial charge in [-0.1, -0.05) is 12.1 Å². The van der Waals surface area contributed by atoms with Crippen LogP contribution in [-0.4, -0.2) is 61.7 Å². The van der Waals surface area contributed by atoms with Gasteiger partial charge in [0, 0.05) is 49.9 Å². The lowest BCUT2D eigenvalue weighted by molar-refractivity contribution is 0.0322. The summed E-state index contributed by atoms with van der Waals surface area (Å²) in [6, 6.07) is 16.8. The number of nitrogens with zero attached hydrogens (tertiary/aromatic N) is 3. The van der Waals surface area contributed by atoms with E-state index >= 15 is 0 Å².